The van der Waals surface area contributed by atoms with Crippen molar-refractivity contribution in [1.29, 1.82) is 0 Å². The molecule has 0 fully saturated rings. The lowest BCUT2D eigenvalue weighted by molar-refractivity contribution is -0.137. The van der Waals surface area contributed by atoms with E-state index in [0.717, 1.165) is 17.7 Å². The number of methoxy groups -OCH3 is 3. The molecule has 0 saturated carbocycles. The van der Waals surface area contributed by atoms with E-state index in [2.05, 4.69) is 4.72 Å². The van der Waals surface area contributed by atoms with Crippen molar-refractivity contribution in [2.75, 3.05) is 39.7 Å². The highest BCUT2D eigenvalue weighted by Gasteiger charge is 2.30. The summed E-state index contributed by atoms with van der Waals surface area (Å²) in [6.07, 6.45) is -4.61. The van der Waals surface area contributed by atoms with E-state index >= 15 is 0 Å². The number of sulfonamides is 1. The van der Waals surface area contributed by atoms with Gasteiger partial charge in [-0.25, -0.2) is 8.42 Å². The molecule has 0 aliphatic rings. The standard InChI is InChI=1S/C26H27F3N2O7S/c1-31(15-17-12-22(35-2)25(37-4)23(13-17)36-3)24(32)16-38-20-8-10-21(11-9-20)39(33,34)30-19-7-5-6-18(14-19)26(27,28)29/h5-14,30H,15-16H2,1-4H3. The fourth-order valence-corrected chi connectivity index (χ4v) is 4.58. The monoisotopic (exact) mass is 568 g/mol. The first-order chi connectivity index (χ1) is 18.4. The van der Waals surface area contributed by atoms with Crippen molar-refractivity contribution in [2.45, 2.75) is 17.6 Å². The number of amides is 1. The molecule has 3 rings (SSSR count). The van der Waals surface area contributed by atoms with Crippen molar-refractivity contribution in [3.8, 4) is 23.0 Å². The van der Waals surface area contributed by atoms with Gasteiger partial charge in [-0.3, -0.25) is 9.52 Å². The second kappa shape index (κ2) is 12.2. The van der Waals surface area contributed by atoms with Crippen molar-refractivity contribution in [1.82, 2.24) is 4.90 Å². The molecule has 9 nitrogen and oxygen atoms in total. The fourth-order valence-electron chi connectivity index (χ4n) is 3.53. The molecule has 0 atom stereocenters. The molecule has 0 bridgehead atoms. The smallest absolute Gasteiger partial charge is 0.416 e. The predicted octanol–water partition coefficient (Wildman–Crippen LogP) is 4.57. The van der Waals surface area contributed by atoms with Crippen LogP contribution in [0, 0.1) is 0 Å². The average molecular weight is 569 g/mol. The number of hydrogen-bond donors (Lipinski definition) is 1. The Morgan fingerprint density at radius 1 is 0.923 bits per heavy atom. The van der Waals surface area contributed by atoms with Crippen molar-refractivity contribution in [3.05, 3.63) is 71.8 Å². The van der Waals surface area contributed by atoms with Gasteiger partial charge in [-0.1, -0.05) is 6.07 Å². The maximum absolute atomic E-state index is 12.9. The predicted molar refractivity (Wildman–Crippen MR) is 137 cm³/mol. The number of carbonyl (C=O) groups is 1. The molecule has 0 radical (unpaired) electrons. The molecule has 3 aromatic rings. The van der Waals surface area contributed by atoms with E-state index in [1.807, 2.05) is 0 Å². The molecule has 13 heteroatoms. The first-order valence-electron chi connectivity index (χ1n) is 11.3. The molecule has 1 amide bonds. The largest absolute Gasteiger partial charge is 0.493 e. The third-order valence-corrected chi connectivity index (χ3v) is 6.91. The fraction of sp³-hybridized carbons (Fsp3) is 0.269. The first kappa shape index (κ1) is 29.4. The van der Waals surface area contributed by atoms with Crippen molar-refractivity contribution < 1.29 is 45.3 Å². The zero-order valence-corrected chi connectivity index (χ0v) is 22.4. The molecule has 0 aliphatic carbocycles. The molecule has 0 aliphatic heterocycles. The molecule has 0 spiro atoms. The maximum atomic E-state index is 12.9. The molecule has 210 valence electrons. The molecular formula is C26H27F3N2O7S. The summed E-state index contributed by atoms with van der Waals surface area (Å²) in [5, 5.41) is 0. The van der Waals surface area contributed by atoms with Gasteiger partial charge >= 0.3 is 6.18 Å². The second-order valence-electron chi connectivity index (χ2n) is 8.23. The van der Waals surface area contributed by atoms with Crippen LogP contribution in [0.5, 0.6) is 23.0 Å². The van der Waals surface area contributed by atoms with Gasteiger partial charge in [0.25, 0.3) is 15.9 Å². The molecule has 39 heavy (non-hydrogen) atoms. The van der Waals surface area contributed by atoms with Crippen LogP contribution in [-0.4, -0.2) is 54.2 Å². The SMILES string of the molecule is COc1cc(CN(C)C(=O)COc2ccc(S(=O)(=O)Nc3cccc(C(F)(F)F)c3)cc2)cc(OC)c1OC. The highest BCUT2D eigenvalue weighted by Crippen LogP contribution is 2.38. The number of halogens is 3. The number of nitrogens with one attached hydrogen (secondary N) is 1. The summed E-state index contributed by atoms with van der Waals surface area (Å²) in [5.41, 5.74) is -0.486. The van der Waals surface area contributed by atoms with Gasteiger partial charge in [0.1, 0.15) is 5.75 Å². The highest BCUT2D eigenvalue weighted by atomic mass is 32.2. The van der Waals surface area contributed by atoms with Gasteiger partial charge in [0, 0.05) is 19.3 Å². The number of benzene rings is 3. The number of likely N-dealkylation sites (N-methyl/N-ethyl adjacent to an activating group) is 1. The Hall–Kier alpha value is -4.13. The van der Waals surface area contributed by atoms with Gasteiger partial charge in [0.2, 0.25) is 5.75 Å². The van der Waals surface area contributed by atoms with Crippen LogP contribution in [0.1, 0.15) is 11.1 Å². The molecule has 3 aromatic carbocycles. The van der Waals surface area contributed by atoms with Crippen LogP contribution in [-0.2, 0) is 27.5 Å². The third kappa shape index (κ3) is 7.47. The molecular weight excluding hydrogens is 541 g/mol. The number of alkyl halides is 3. The van der Waals surface area contributed by atoms with E-state index in [1.165, 1.54) is 56.6 Å². The Bertz CT molecular complexity index is 1390. The Kier molecular flexibility index (Phi) is 9.17. The molecule has 0 aromatic heterocycles. The van der Waals surface area contributed by atoms with Gasteiger partial charge in [-0.05, 0) is 60.2 Å². The summed E-state index contributed by atoms with van der Waals surface area (Å²) in [6.45, 7) is -0.104. The molecule has 0 heterocycles. The summed E-state index contributed by atoms with van der Waals surface area (Å²) in [6, 6.07) is 12.4. The van der Waals surface area contributed by atoms with Crippen LogP contribution in [0.25, 0.3) is 0 Å². The van der Waals surface area contributed by atoms with Gasteiger partial charge in [-0.2, -0.15) is 13.2 Å². The van der Waals surface area contributed by atoms with Gasteiger partial charge in [0.15, 0.2) is 18.1 Å². The van der Waals surface area contributed by atoms with E-state index in [1.54, 1.807) is 19.2 Å². The summed E-state index contributed by atoms with van der Waals surface area (Å²) in [4.78, 5) is 13.8. The molecule has 0 unspecified atom stereocenters. The minimum absolute atomic E-state index is 0.196. The highest BCUT2D eigenvalue weighted by molar-refractivity contribution is 7.92. The Morgan fingerprint density at radius 2 is 1.54 bits per heavy atom. The van der Waals surface area contributed by atoms with Crippen LogP contribution in [0.4, 0.5) is 18.9 Å². The molecule has 0 saturated heterocycles. The van der Waals surface area contributed by atoms with Gasteiger partial charge < -0.3 is 23.8 Å². The topological polar surface area (TPSA) is 103 Å². The number of carbonyl (C=O) groups excluding carboxylic acids is 1. The lowest BCUT2D eigenvalue weighted by atomic mass is 10.1. The van der Waals surface area contributed by atoms with E-state index in [4.69, 9.17) is 18.9 Å². The van der Waals surface area contributed by atoms with E-state index in [9.17, 15) is 26.4 Å². The van der Waals surface area contributed by atoms with Crippen molar-refractivity contribution >= 4 is 21.6 Å². The van der Waals surface area contributed by atoms with E-state index in [-0.39, 0.29) is 35.4 Å². The first-order valence-corrected chi connectivity index (χ1v) is 12.8. The Labute approximate surface area is 224 Å². The van der Waals surface area contributed by atoms with Crippen LogP contribution in [0.2, 0.25) is 0 Å². The number of ether oxygens (including phenoxy) is 4. The number of hydrogen-bond acceptors (Lipinski definition) is 7. The van der Waals surface area contributed by atoms with E-state index in [0.29, 0.717) is 23.3 Å². The quantitative estimate of drug-likeness (QED) is 0.362. The molecule has 1 N–H and O–H groups in total. The minimum Gasteiger partial charge on any atom is -0.493 e. The number of anilines is 1. The van der Waals surface area contributed by atoms with Crippen molar-refractivity contribution in [3.63, 3.8) is 0 Å². The van der Waals surface area contributed by atoms with Crippen LogP contribution >= 0.6 is 0 Å². The van der Waals surface area contributed by atoms with E-state index < -0.39 is 21.8 Å². The lowest BCUT2D eigenvalue weighted by Gasteiger charge is -2.20. The van der Waals surface area contributed by atoms with Crippen LogP contribution < -0.4 is 23.7 Å². The van der Waals surface area contributed by atoms with Crippen LogP contribution in [0.3, 0.4) is 0 Å². The lowest BCUT2D eigenvalue weighted by Crippen LogP contribution is -2.31. The Balaban J connectivity index is 1.61. The maximum Gasteiger partial charge on any atom is 0.416 e. The summed E-state index contributed by atoms with van der Waals surface area (Å²) < 4.78 is 87.5. The summed E-state index contributed by atoms with van der Waals surface area (Å²) in [5.74, 6) is 1.19. The minimum atomic E-state index is -4.61. The van der Waals surface area contributed by atoms with Crippen LogP contribution in [0.15, 0.2) is 65.6 Å². The zero-order chi connectivity index (χ0) is 28.8. The summed E-state index contributed by atoms with van der Waals surface area (Å²) in [7, 11) is 1.89. The number of nitrogens with zero attached hydrogens (tertiary/aromatic N) is 1. The van der Waals surface area contributed by atoms with Gasteiger partial charge in [0.05, 0.1) is 31.8 Å². The Morgan fingerprint density at radius 3 is 2.08 bits per heavy atom. The summed E-state index contributed by atoms with van der Waals surface area (Å²) >= 11 is 0. The average Bonchev–Trinajstić information content (AvgIpc) is 2.90. The second-order valence-corrected chi connectivity index (χ2v) is 9.91. The normalized spacial score (nSPS) is 11.5. The van der Waals surface area contributed by atoms with Gasteiger partial charge in [-0.15, -0.1) is 0 Å². The third-order valence-electron chi connectivity index (χ3n) is 5.51. The van der Waals surface area contributed by atoms with Crippen molar-refractivity contribution in [2.24, 2.45) is 0 Å². The number of rotatable bonds is 11. The zero-order valence-electron chi connectivity index (χ0n) is 21.5.